The lowest BCUT2D eigenvalue weighted by Gasteiger charge is -2.24. The van der Waals surface area contributed by atoms with E-state index in [0.717, 1.165) is 29.7 Å². The summed E-state index contributed by atoms with van der Waals surface area (Å²) in [6.45, 7) is 2.25. The molecule has 0 saturated heterocycles. The van der Waals surface area contributed by atoms with Crippen molar-refractivity contribution in [2.24, 2.45) is 0 Å². The monoisotopic (exact) mass is 350 g/mol. The second kappa shape index (κ2) is 9.02. The molecule has 0 saturated carbocycles. The van der Waals surface area contributed by atoms with Crippen molar-refractivity contribution in [2.75, 3.05) is 7.11 Å². The van der Waals surface area contributed by atoms with Crippen molar-refractivity contribution in [3.63, 3.8) is 0 Å². The van der Waals surface area contributed by atoms with E-state index in [1.54, 1.807) is 7.11 Å². The van der Waals surface area contributed by atoms with Gasteiger partial charge in [-0.25, -0.2) is 0 Å². The van der Waals surface area contributed by atoms with E-state index in [0.29, 0.717) is 12.3 Å². The van der Waals surface area contributed by atoms with Gasteiger partial charge >= 0.3 is 0 Å². The van der Waals surface area contributed by atoms with Crippen molar-refractivity contribution < 1.29 is 9.53 Å². The number of rotatable bonds is 8. The first kappa shape index (κ1) is 18.7. The van der Waals surface area contributed by atoms with Gasteiger partial charge in [-0.3, -0.25) is 4.79 Å². The predicted octanol–water partition coefficient (Wildman–Crippen LogP) is 6.12. The number of methoxy groups -OCH3 is 1. The van der Waals surface area contributed by atoms with Crippen LogP contribution in [0.1, 0.15) is 78.4 Å². The summed E-state index contributed by atoms with van der Waals surface area (Å²) in [7, 11) is 1.64. The van der Waals surface area contributed by atoms with Crippen LogP contribution in [0.15, 0.2) is 42.5 Å². The summed E-state index contributed by atoms with van der Waals surface area (Å²) in [6, 6.07) is 14.8. The molecule has 2 aromatic rings. The summed E-state index contributed by atoms with van der Waals surface area (Å²) in [5.74, 6) is 1.29. The predicted molar refractivity (Wildman–Crippen MR) is 107 cm³/mol. The Labute approximate surface area is 157 Å². The zero-order chi connectivity index (χ0) is 18.4. The Morgan fingerprint density at radius 2 is 1.73 bits per heavy atom. The molecule has 0 spiro atoms. The fourth-order valence-electron chi connectivity index (χ4n) is 3.92. The summed E-state index contributed by atoms with van der Waals surface area (Å²) < 4.78 is 5.25. The lowest BCUT2D eigenvalue weighted by atomic mass is 9.79. The Balaban J connectivity index is 1.62. The quantitative estimate of drug-likeness (QED) is 0.536. The first-order valence-electron chi connectivity index (χ1n) is 10.00. The molecule has 1 atom stereocenters. The zero-order valence-electron chi connectivity index (χ0n) is 16.1. The lowest BCUT2D eigenvalue weighted by Crippen LogP contribution is -2.18. The van der Waals surface area contributed by atoms with Crippen molar-refractivity contribution in [3.05, 3.63) is 64.7 Å². The van der Waals surface area contributed by atoms with Crippen LogP contribution in [0.3, 0.4) is 0 Å². The molecule has 138 valence electrons. The van der Waals surface area contributed by atoms with Gasteiger partial charge in [-0.2, -0.15) is 0 Å². The Morgan fingerprint density at radius 1 is 0.962 bits per heavy atom. The minimum absolute atomic E-state index is 0.232. The molecule has 0 aromatic heterocycles. The molecule has 0 amide bonds. The highest BCUT2D eigenvalue weighted by Gasteiger charge is 2.26. The van der Waals surface area contributed by atoms with Crippen molar-refractivity contribution in [1.29, 1.82) is 0 Å². The largest absolute Gasteiger partial charge is 0.497 e. The molecular weight excluding hydrogens is 320 g/mol. The molecule has 26 heavy (non-hydrogen) atoms. The van der Waals surface area contributed by atoms with Gasteiger partial charge in [0, 0.05) is 12.0 Å². The maximum absolute atomic E-state index is 12.6. The Morgan fingerprint density at radius 3 is 2.46 bits per heavy atom. The number of Topliss-reactive ketones (excluding diaryl/α,β-unsaturated/α-hetero) is 1. The van der Waals surface area contributed by atoms with E-state index in [1.165, 1.54) is 43.2 Å². The van der Waals surface area contributed by atoms with Gasteiger partial charge in [0.25, 0.3) is 0 Å². The van der Waals surface area contributed by atoms with Crippen LogP contribution in [0, 0.1) is 0 Å². The van der Waals surface area contributed by atoms with Gasteiger partial charge in [-0.1, -0.05) is 62.9 Å². The third-order valence-electron chi connectivity index (χ3n) is 5.54. The normalized spacial score (nSPS) is 16.4. The smallest absolute Gasteiger partial charge is 0.163 e. The van der Waals surface area contributed by atoms with Crippen LogP contribution in [0.5, 0.6) is 5.75 Å². The Kier molecular flexibility index (Phi) is 6.49. The Bertz CT molecular complexity index is 730. The van der Waals surface area contributed by atoms with E-state index < -0.39 is 0 Å². The number of unbranched alkanes of at least 4 members (excludes halogenated alkanes) is 4. The molecule has 2 heteroatoms. The summed E-state index contributed by atoms with van der Waals surface area (Å²) in [5, 5.41) is 0. The van der Waals surface area contributed by atoms with E-state index in [1.807, 2.05) is 18.2 Å². The number of hydrogen-bond acceptors (Lipinski definition) is 2. The van der Waals surface area contributed by atoms with Crippen molar-refractivity contribution in [3.8, 4) is 5.75 Å². The minimum Gasteiger partial charge on any atom is -0.497 e. The molecule has 3 rings (SSSR count). The summed E-state index contributed by atoms with van der Waals surface area (Å²) in [4.78, 5) is 12.6. The van der Waals surface area contributed by atoms with Gasteiger partial charge in [0.05, 0.1) is 7.11 Å². The number of ether oxygens (including phenoxy) is 1. The number of ketones is 1. The van der Waals surface area contributed by atoms with Crippen LogP contribution in [-0.4, -0.2) is 12.9 Å². The average Bonchev–Trinajstić information content (AvgIpc) is 2.68. The van der Waals surface area contributed by atoms with Gasteiger partial charge in [-0.15, -0.1) is 0 Å². The SMILES string of the molecule is CCCCCCCc1ccc(C2CC(=O)c3cc(OC)ccc3C2)cc1. The highest BCUT2D eigenvalue weighted by molar-refractivity contribution is 5.99. The summed E-state index contributed by atoms with van der Waals surface area (Å²) in [5.41, 5.74) is 4.68. The van der Waals surface area contributed by atoms with Gasteiger partial charge in [0.15, 0.2) is 5.78 Å². The van der Waals surface area contributed by atoms with E-state index in [2.05, 4.69) is 31.2 Å². The number of carbonyl (C=O) groups excluding carboxylic acids is 1. The average molecular weight is 351 g/mol. The molecule has 1 unspecified atom stereocenters. The van der Waals surface area contributed by atoms with Gasteiger partial charge in [-0.05, 0) is 54.0 Å². The summed E-state index contributed by atoms with van der Waals surface area (Å²) >= 11 is 0. The molecule has 0 radical (unpaired) electrons. The van der Waals surface area contributed by atoms with Crippen LogP contribution in [0.25, 0.3) is 0 Å². The van der Waals surface area contributed by atoms with Crippen molar-refractivity contribution in [1.82, 2.24) is 0 Å². The highest BCUT2D eigenvalue weighted by atomic mass is 16.5. The molecular formula is C24H30O2. The summed E-state index contributed by atoms with van der Waals surface area (Å²) in [6.07, 6.45) is 9.29. The first-order chi connectivity index (χ1) is 12.7. The molecule has 0 aliphatic heterocycles. The van der Waals surface area contributed by atoms with Gasteiger partial charge in [0.2, 0.25) is 0 Å². The number of fused-ring (bicyclic) bond motifs is 1. The van der Waals surface area contributed by atoms with E-state index in [-0.39, 0.29) is 5.78 Å². The number of hydrogen-bond donors (Lipinski definition) is 0. The molecule has 2 nitrogen and oxygen atoms in total. The van der Waals surface area contributed by atoms with E-state index >= 15 is 0 Å². The van der Waals surface area contributed by atoms with Crippen molar-refractivity contribution in [2.45, 2.75) is 64.2 Å². The minimum atomic E-state index is 0.232. The van der Waals surface area contributed by atoms with Crippen LogP contribution in [-0.2, 0) is 12.8 Å². The first-order valence-corrected chi connectivity index (χ1v) is 10.00. The van der Waals surface area contributed by atoms with Crippen LogP contribution >= 0.6 is 0 Å². The molecule has 2 aromatic carbocycles. The molecule has 1 aliphatic carbocycles. The zero-order valence-corrected chi connectivity index (χ0v) is 16.1. The number of benzene rings is 2. The van der Waals surface area contributed by atoms with E-state index in [4.69, 9.17) is 4.74 Å². The van der Waals surface area contributed by atoms with E-state index in [9.17, 15) is 4.79 Å². The fraction of sp³-hybridized carbons (Fsp3) is 0.458. The third kappa shape index (κ3) is 4.55. The third-order valence-corrected chi connectivity index (χ3v) is 5.54. The molecule has 0 N–H and O–H groups in total. The lowest BCUT2D eigenvalue weighted by molar-refractivity contribution is 0.0964. The van der Waals surface area contributed by atoms with Gasteiger partial charge < -0.3 is 4.74 Å². The highest BCUT2D eigenvalue weighted by Crippen LogP contribution is 2.34. The van der Waals surface area contributed by atoms with Crippen LogP contribution in [0.2, 0.25) is 0 Å². The van der Waals surface area contributed by atoms with Crippen molar-refractivity contribution >= 4 is 5.78 Å². The van der Waals surface area contributed by atoms with Crippen LogP contribution < -0.4 is 4.74 Å². The molecule has 0 heterocycles. The number of aryl methyl sites for hydroxylation is 1. The van der Waals surface area contributed by atoms with Gasteiger partial charge in [0.1, 0.15) is 5.75 Å². The maximum atomic E-state index is 12.6. The second-order valence-corrected chi connectivity index (χ2v) is 7.46. The Hall–Kier alpha value is -2.09. The number of carbonyl (C=O) groups is 1. The topological polar surface area (TPSA) is 26.3 Å². The maximum Gasteiger partial charge on any atom is 0.163 e. The molecule has 0 bridgehead atoms. The molecule has 1 aliphatic rings. The fourth-order valence-corrected chi connectivity index (χ4v) is 3.92. The van der Waals surface area contributed by atoms with Crippen LogP contribution in [0.4, 0.5) is 0 Å². The molecule has 0 fully saturated rings. The standard InChI is InChI=1S/C24H30O2/c1-3-4-5-6-7-8-18-9-11-19(12-10-18)21-15-20-13-14-22(26-2)17-23(20)24(25)16-21/h9-14,17,21H,3-8,15-16H2,1-2H3. The second-order valence-electron chi connectivity index (χ2n) is 7.46.